The summed E-state index contributed by atoms with van der Waals surface area (Å²) < 4.78 is 38.0. The predicted octanol–water partition coefficient (Wildman–Crippen LogP) is 3.78. The topological polar surface area (TPSA) is 88.1 Å². The summed E-state index contributed by atoms with van der Waals surface area (Å²) in [5.74, 6) is -2.76. The zero-order valence-electron chi connectivity index (χ0n) is 13.0. The smallest absolute Gasteiger partial charge is 0.475 e. The Morgan fingerprint density at radius 2 is 2.00 bits per heavy atom. The summed E-state index contributed by atoms with van der Waals surface area (Å²) in [6.07, 6.45) is -2.19. The van der Waals surface area contributed by atoms with Crippen LogP contribution in [0.3, 0.4) is 0 Å². The Balaban J connectivity index is 0.000000351. The summed E-state index contributed by atoms with van der Waals surface area (Å²) in [5, 5.41) is 8.92. The maximum Gasteiger partial charge on any atom is 0.490 e. The van der Waals surface area contributed by atoms with Gasteiger partial charge in [0.1, 0.15) is 5.65 Å². The molecule has 2 N–H and O–H groups in total. The molecule has 2 aromatic heterocycles. The maximum atomic E-state index is 10.6. The Hall–Kier alpha value is -1.33. The third-order valence-electron chi connectivity index (χ3n) is 2.78. The van der Waals surface area contributed by atoms with Gasteiger partial charge < -0.3 is 14.8 Å². The second kappa shape index (κ2) is 8.67. The number of hydrogen-bond donors (Lipinski definition) is 2. The minimum Gasteiger partial charge on any atom is -0.475 e. The number of aryl methyl sites for hydroxylation is 1. The number of fused-ring (bicyclic) bond motifs is 1. The quantitative estimate of drug-likeness (QED) is 0.567. The van der Waals surface area contributed by atoms with E-state index in [1.165, 1.54) is 11.8 Å². The molecule has 134 valence electrons. The van der Waals surface area contributed by atoms with Crippen molar-refractivity contribution in [3.05, 3.63) is 15.9 Å². The van der Waals surface area contributed by atoms with Crippen LogP contribution in [0.2, 0.25) is 0 Å². The molecular weight excluding hydrogens is 415 g/mol. The van der Waals surface area contributed by atoms with Crippen molar-refractivity contribution >= 4 is 44.7 Å². The van der Waals surface area contributed by atoms with Gasteiger partial charge in [0.05, 0.1) is 17.7 Å². The van der Waals surface area contributed by atoms with Crippen molar-refractivity contribution in [3.63, 3.8) is 0 Å². The Bertz CT molecular complexity index is 722. The lowest BCUT2D eigenvalue weighted by Crippen LogP contribution is -2.21. The van der Waals surface area contributed by atoms with Gasteiger partial charge in [-0.15, -0.1) is 0 Å². The van der Waals surface area contributed by atoms with Crippen LogP contribution in [0.1, 0.15) is 18.3 Å². The fourth-order valence-corrected chi connectivity index (χ4v) is 2.91. The van der Waals surface area contributed by atoms with Gasteiger partial charge in [-0.2, -0.15) is 13.2 Å². The number of carboxylic acids is 1. The number of halogens is 4. The van der Waals surface area contributed by atoms with Crippen LogP contribution < -0.4 is 0 Å². The van der Waals surface area contributed by atoms with Crippen LogP contribution in [0.15, 0.2) is 9.63 Å². The number of ether oxygens (including phenoxy) is 1. The van der Waals surface area contributed by atoms with Gasteiger partial charge in [0.25, 0.3) is 0 Å². The number of H-pyrrole nitrogens is 1. The van der Waals surface area contributed by atoms with Gasteiger partial charge in [-0.05, 0) is 28.6 Å². The summed E-state index contributed by atoms with van der Waals surface area (Å²) >= 11 is 5.14. The molecule has 0 fully saturated rings. The van der Waals surface area contributed by atoms with Crippen molar-refractivity contribution in [3.8, 4) is 0 Å². The number of alkyl halides is 3. The van der Waals surface area contributed by atoms with Gasteiger partial charge in [-0.1, -0.05) is 18.7 Å². The highest BCUT2D eigenvalue weighted by Crippen LogP contribution is 2.31. The molecule has 0 atom stereocenters. The molecule has 24 heavy (non-hydrogen) atoms. The van der Waals surface area contributed by atoms with Crippen molar-refractivity contribution in [2.45, 2.75) is 31.3 Å². The molecule has 0 aliphatic heterocycles. The van der Waals surface area contributed by atoms with E-state index in [4.69, 9.17) is 14.6 Å². The summed E-state index contributed by atoms with van der Waals surface area (Å²) in [7, 11) is 1.67. The number of carbonyl (C=O) groups is 1. The number of nitrogens with zero attached hydrogens (tertiary/aromatic N) is 2. The largest absolute Gasteiger partial charge is 0.490 e. The molecule has 2 aromatic rings. The van der Waals surface area contributed by atoms with Gasteiger partial charge in [-0.3, -0.25) is 0 Å². The number of carboxylic acid groups (broad SMARTS) is 1. The van der Waals surface area contributed by atoms with Crippen LogP contribution in [0.25, 0.3) is 11.0 Å². The average molecular weight is 430 g/mol. The van der Waals surface area contributed by atoms with Crippen LogP contribution >= 0.6 is 27.7 Å². The van der Waals surface area contributed by atoms with Crippen LogP contribution in [-0.4, -0.2) is 45.6 Å². The Morgan fingerprint density at radius 3 is 2.42 bits per heavy atom. The van der Waals surface area contributed by atoms with Crippen LogP contribution in [0, 0.1) is 0 Å². The molecule has 0 spiro atoms. The molecule has 0 saturated carbocycles. The molecule has 0 amide bonds. The number of aromatic nitrogens is 3. The SMILES string of the molecule is CCc1[nH]c2nc(SC)nc(COC)c2c1Br.O=C(O)C(F)(F)F. The van der Waals surface area contributed by atoms with E-state index in [9.17, 15) is 13.2 Å². The van der Waals surface area contributed by atoms with E-state index in [1.54, 1.807) is 7.11 Å². The number of rotatable bonds is 4. The fourth-order valence-electron chi connectivity index (χ4n) is 1.73. The van der Waals surface area contributed by atoms with E-state index in [0.717, 1.165) is 38.5 Å². The maximum absolute atomic E-state index is 10.6. The highest BCUT2D eigenvalue weighted by atomic mass is 79.9. The lowest BCUT2D eigenvalue weighted by atomic mass is 10.2. The second-order valence-electron chi connectivity index (χ2n) is 4.39. The monoisotopic (exact) mass is 429 g/mol. The van der Waals surface area contributed by atoms with E-state index < -0.39 is 12.1 Å². The number of methoxy groups -OCH3 is 1. The number of aromatic amines is 1. The van der Waals surface area contributed by atoms with Crippen LogP contribution in [0.4, 0.5) is 13.2 Å². The molecule has 0 bridgehead atoms. The van der Waals surface area contributed by atoms with Crippen LogP contribution in [0.5, 0.6) is 0 Å². The Kier molecular flexibility index (Phi) is 7.49. The normalized spacial score (nSPS) is 11.3. The first kappa shape index (κ1) is 20.7. The number of aliphatic carboxylic acids is 1. The lowest BCUT2D eigenvalue weighted by molar-refractivity contribution is -0.192. The summed E-state index contributed by atoms with van der Waals surface area (Å²) in [6, 6.07) is 0. The molecule has 0 aliphatic carbocycles. The van der Waals surface area contributed by atoms with Crippen LogP contribution in [-0.2, 0) is 22.6 Å². The fraction of sp³-hybridized carbons (Fsp3) is 0.462. The third-order valence-corrected chi connectivity index (χ3v) is 4.20. The number of thioether (sulfide) groups is 1. The molecular formula is C13H15BrF3N3O3S. The zero-order valence-corrected chi connectivity index (χ0v) is 15.4. The third kappa shape index (κ3) is 5.08. The van der Waals surface area contributed by atoms with Gasteiger partial charge in [-0.25, -0.2) is 14.8 Å². The molecule has 0 aromatic carbocycles. The van der Waals surface area contributed by atoms with E-state index in [0.29, 0.717) is 6.61 Å². The summed E-state index contributed by atoms with van der Waals surface area (Å²) in [4.78, 5) is 21.2. The molecule has 0 unspecified atom stereocenters. The zero-order chi connectivity index (χ0) is 18.5. The summed E-state index contributed by atoms with van der Waals surface area (Å²) in [6.45, 7) is 2.60. The molecule has 6 nitrogen and oxygen atoms in total. The molecule has 0 radical (unpaired) electrons. The standard InChI is InChI=1S/C11H14BrN3OS.C2HF3O2/c1-4-6-9(12)8-7(5-16-2)14-11(17-3)15-10(8)13-6;3-2(4,5)1(6)7/h4-5H2,1-3H3,(H,13,14,15);(H,6,7). The van der Waals surface area contributed by atoms with E-state index >= 15 is 0 Å². The minimum atomic E-state index is -5.08. The van der Waals surface area contributed by atoms with E-state index in [2.05, 4.69) is 37.8 Å². The molecule has 0 aliphatic rings. The highest BCUT2D eigenvalue weighted by molar-refractivity contribution is 9.10. The van der Waals surface area contributed by atoms with Gasteiger partial charge >= 0.3 is 12.1 Å². The van der Waals surface area contributed by atoms with Crippen molar-refractivity contribution in [1.82, 2.24) is 15.0 Å². The Morgan fingerprint density at radius 1 is 1.42 bits per heavy atom. The summed E-state index contributed by atoms with van der Waals surface area (Å²) in [5.41, 5.74) is 2.94. The number of nitrogens with one attached hydrogen (secondary N) is 1. The molecule has 2 heterocycles. The lowest BCUT2D eigenvalue weighted by Gasteiger charge is -2.03. The first-order valence-corrected chi connectivity index (χ1v) is 8.57. The van der Waals surface area contributed by atoms with E-state index in [-0.39, 0.29) is 0 Å². The van der Waals surface area contributed by atoms with Crippen molar-refractivity contribution in [1.29, 1.82) is 0 Å². The first-order valence-electron chi connectivity index (χ1n) is 6.55. The highest BCUT2D eigenvalue weighted by Gasteiger charge is 2.38. The second-order valence-corrected chi connectivity index (χ2v) is 5.95. The van der Waals surface area contributed by atoms with Gasteiger partial charge in [0.15, 0.2) is 5.16 Å². The minimum absolute atomic E-state index is 0.492. The molecule has 0 saturated heterocycles. The number of hydrogen-bond acceptors (Lipinski definition) is 5. The van der Waals surface area contributed by atoms with Crippen molar-refractivity contribution < 1.29 is 27.8 Å². The molecule has 11 heteroatoms. The average Bonchev–Trinajstić information content (AvgIpc) is 2.83. The van der Waals surface area contributed by atoms with Gasteiger partial charge in [0, 0.05) is 17.3 Å². The predicted molar refractivity (Wildman–Crippen MR) is 87.2 cm³/mol. The molecule has 2 rings (SSSR count). The Labute approximate surface area is 148 Å². The van der Waals surface area contributed by atoms with Crippen molar-refractivity contribution in [2.24, 2.45) is 0 Å². The van der Waals surface area contributed by atoms with Gasteiger partial charge in [0.2, 0.25) is 0 Å². The van der Waals surface area contributed by atoms with E-state index in [1.807, 2.05) is 6.26 Å². The first-order chi connectivity index (χ1) is 11.1. The van der Waals surface area contributed by atoms with Crippen molar-refractivity contribution in [2.75, 3.05) is 13.4 Å².